The van der Waals surface area contributed by atoms with Crippen LogP contribution in [-0.2, 0) is 0 Å². The van der Waals surface area contributed by atoms with E-state index < -0.39 is 0 Å². The minimum atomic E-state index is 0.987. The van der Waals surface area contributed by atoms with Crippen LogP contribution in [0.3, 0.4) is 0 Å². The lowest BCUT2D eigenvalue weighted by atomic mass is 10.0. The second-order valence-electron chi connectivity index (χ2n) is 6.13. The van der Waals surface area contributed by atoms with E-state index in [-0.39, 0.29) is 0 Å². The smallest absolute Gasteiger partial charge is 0.0178 e. The maximum atomic E-state index is 4.19. The number of aryl methyl sites for hydroxylation is 1. The standard InChI is InChI=1S/C23H24/c1-16(2)12-18(4)19(5)14-21-10-11-23(15-20(21)6)22-9-7-8-17(3)13-22/h7-15H,1,5-6H2,2-4H3/b18-12+,21-14-. The lowest BCUT2D eigenvalue weighted by molar-refractivity contribution is 1.41. The molecule has 0 amide bonds. The van der Waals surface area contributed by atoms with Gasteiger partial charge < -0.3 is 0 Å². The average molecular weight is 300 g/mol. The van der Waals surface area contributed by atoms with E-state index in [1.165, 1.54) is 16.7 Å². The summed E-state index contributed by atoms with van der Waals surface area (Å²) in [7, 11) is 0. The molecule has 116 valence electrons. The minimum Gasteiger partial charge on any atom is -0.0961 e. The van der Waals surface area contributed by atoms with Gasteiger partial charge in [-0.15, -0.1) is 0 Å². The van der Waals surface area contributed by atoms with Crippen molar-refractivity contribution in [3.63, 3.8) is 0 Å². The van der Waals surface area contributed by atoms with Crippen LogP contribution in [0.4, 0.5) is 0 Å². The van der Waals surface area contributed by atoms with Crippen LogP contribution in [-0.4, -0.2) is 0 Å². The van der Waals surface area contributed by atoms with Crippen molar-refractivity contribution in [1.29, 1.82) is 0 Å². The van der Waals surface area contributed by atoms with Gasteiger partial charge in [-0.2, -0.15) is 0 Å². The van der Waals surface area contributed by atoms with E-state index in [9.17, 15) is 0 Å². The van der Waals surface area contributed by atoms with Crippen LogP contribution in [0, 0.1) is 6.92 Å². The summed E-state index contributed by atoms with van der Waals surface area (Å²) in [6, 6.07) is 14.9. The lowest BCUT2D eigenvalue weighted by Gasteiger charge is -2.04. The van der Waals surface area contributed by atoms with Gasteiger partial charge >= 0.3 is 0 Å². The Labute approximate surface area is 139 Å². The molecule has 0 spiro atoms. The quantitative estimate of drug-likeness (QED) is 0.702. The first kappa shape index (κ1) is 16.8. The van der Waals surface area contributed by atoms with Crippen molar-refractivity contribution in [2.75, 3.05) is 0 Å². The Balaban J connectivity index is 2.41. The molecule has 0 heterocycles. The molecule has 0 aliphatic carbocycles. The highest BCUT2D eigenvalue weighted by Gasteiger charge is 1.99. The maximum Gasteiger partial charge on any atom is -0.0178 e. The number of hydrogen-bond acceptors (Lipinski definition) is 0. The van der Waals surface area contributed by atoms with E-state index in [1.54, 1.807) is 0 Å². The second-order valence-corrected chi connectivity index (χ2v) is 6.13. The van der Waals surface area contributed by atoms with Crippen LogP contribution in [0.2, 0.25) is 0 Å². The Morgan fingerprint density at radius 1 is 0.957 bits per heavy atom. The number of hydrogen-bond donors (Lipinski definition) is 0. The van der Waals surface area contributed by atoms with Crippen molar-refractivity contribution >= 4 is 12.7 Å². The van der Waals surface area contributed by atoms with Crippen LogP contribution < -0.4 is 10.4 Å². The summed E-state index contributed by atoms with van der Waals surface area (Å²) >= 11 is 0. The van der Waals surface area contributed by atoms with E-state index in [2.05, 4.69) is 82.1 Å². The molecule has 23 heavy (non-hydrogen) atoms. The highest BCUT2D eigenvalue weighted by Crippen LogP contribution is 2.18. The Morgan fingerprint density at radius 2 is 1.65 bits per heavy atom. The fourth-order valence-electron chi connectivity index (χ4n) is 2.51. The molecule has 0 N–H and O–H groups in total. The van der Waals surface area contributed by atoms with Gasteiger partial charge in [0.25, 0.3) is 0 Å². The van der Waals surface area contributed by atoms with Gasteiger partial charge in [0.2, 0.25) is 0 Å². The lowest BCUT2D eigenvalue weighted by Crippen LogP contribution is -2.22. The molecule has 0 nitrogen and oxygen atoms in total. The molecule has 0 aliphatic heterocycles. The van der Waals surface area contributed by atoms with Crippen LogP contribution in [0.15, 0.2) is 78.4 Å². The second kappa shape index (κ2) is 7.11. The van der Waals surface area contributed by atoms with Crippen LogP contribution in [0.25, 0.3) is 23.8 Å². The predicted molar refractivity (Wildman–Crippen MR) is 104 cm³/mol. The van der Waals surface area contributed by atoms with E-state index in [0.717, 1.165) is 27.2 Å². The van der Waals surface area contributed by atoms with Gasteiger partial charge in [0.15, 0.2) is 0 Å². The van der Waals surface area contributed by atoms with Gasteiger partial charge in [-0.1, -0.05) is 73.3 Å². The van der Waals surface area contributed by atoms with Gasteiger partial charge in [-0.05, 0) is 65.6 Å². The number of allylic oxidation sites excluding steroid dienone is 4. The summed E-state index contributed by atoms with van der Waals surface area (Å²) in [5, 5.41) is 2.11. The van der Waals surface area contributed by atoms with Gasteiger partial charge in [0.1, 0.15) is 0 Å². The highest BCUT2D eigenvalue weighted by atomic mass is 14.0. The third kappa shape index (κ3) is 4.43. The minimum absolute atomic E-state index is 0.987. The summed E-state index contributed by atoms with van der Waals surface area (Å²) in [4.78, 5) is 0. The Morgan fingerprint density at radius 3 is 2.26 bits per heavy atom. The molecule has 0 saturated heterocycles. The molecular formula is C23H24. The largest absolute Gasteiger partial charge is 0.0961 e. The summed E-state index contributed by atoms with van der Waals surface area (Å²) in [6.07, 6.45) is 4.12. The normalized spacial score (nSPS) is 12.3. The first-order valence-corrected chi connectivity index (χ1v) is 7.77. The molecule has 2 rings (SSSR count). The molecular weight excluding hydrogens is 276 g/mol. The molecule has 0 saturated carbocycles. The van der Waals surface area contributed by atoms with Crippen molar-refractivity contribution in [2.45, 2.75) is 20.8 Å². The van der Waals surface area contributed by atoms with Crippen LogP contribution in [0.5, 0.6) is 0 Å². The molecule has 0 aliphatic rings. The third-order valence-electron chi connectivity index (χ3n) is 3.79. The van der Waals surface area contributed by atoms with Crippen molar-refractivity contribution < 1.29 is 0 Å². The molecule has 0 aromatic heterocycles. The fraction of sp³-hybridized carbons (Fsp3) is 0.130. The van der Waals surface area contributed by atoms with Gasteiger partial charge in [-0.3, -0.25) is 0 Å². The zero-order chi connectivity index (χ0) is 17.0. The molecule has 2 aromatic rings. The summed E-state index contributed by atoms with van der Waals surface area (Å²) in [6.45, 7) is 18.4. The summed E-state index contributed by atoms with van der Waals surface area (Å²) < 4.78 is 0. The molecule has 0 radical (unpaired) electrons. The number of rotatable bonds is 4. The molecule has 0 heteroatoms. The van der Waals surface area contributed by atoms with E-state index in [0.29, 0.717) is 0 Å². The molecule has 0 unspecified atom stereocenters. The first-order valence-electron chi connectivity index (χ1n) is 7.77. The maximum absolute atomic E-state index is 4.19. The van der Waals surface area contributed by atoms with E-state index in [1.807, 2.05) is 13.0 Å². The highest BCUT2D eigenvalue weighted by molar-refractivity contribution is 5.65. The number of benzene rings is 2. The SMILES string of the molecule is C=C(C)/C=C(\C)C(=C)/C=c1/ccc(-c2cccc(C)c2)cc1=C. The molecule has 0 fully saturated rings. The summed E-state index contributed by atoms with van der Waals surface area (Å²) in [5.41, 5.74) is 6.81. The van der Waals surface area contributed by atoms with Crippen molar-refractivity contribution in [2.24, 2.45) is 0 Å². The van der Waals surface area contributed by atoms with Crippen molar-refractivity contribution in [3.05, 3.63) is 94.4 Å². The van der Waals surface area contributed by atoms with E-state index >= 15 is 0 Å². The van der Waals surface area contributed by atoms with Crippen LogP contribution >= 0.6 is 0 Å². The zero-order valence-electron chi connectivity index (χ0n) is 14.3. The predicted octanol–water partition coefficient (Wildman–Crippen LogP) is 4.93. The fourth-order valence-corrected chi connectivity index (χ4v) is 2.51. The molecule has 0 bridgehead atoms. The summed E-state index contributed by atoms with van der Waals surface area (Å²) in [5.74, 6) is 0. The first-order chi connectivity index (χ1) is 10.9. The van der Waals surface area contributed by atoms with E-state index in [4.69, 9.17) is 0 Å². The monoisotopic (exact) mass is 300 g/mol. The zero-order valence-corrected chi connectivity index (χ0v) is 14.3. The van der Waals surface area contributed by atoms with Crippen molar-refractivity contribution in [3.8, 4) is 11.1 Å². The van der Waals surface area contributed by atoms with Gasteiger partial charge in [0.05, 0.1) is 0 Å². The van der Waals surface area contributed by atoms with Gasteiger partial charge in [0, 0.05) is 0 Å². The molecule has 0 atom stereocenters. The van der Waals surface area contributed by atoms with Crippen LogP contribution in [0.1, 0.15) is 19.4 Å². The third-order valence-corrected chi connectivity index (χ3v) is 3.79. The Bertz CT molecular complexity index is 892. The van der Waals surface area contributed by atoms with Crippen molar-refractivity contribution in [1.82, 2.24) is 0 Å². The molecule has 2 aromatic carbocycles. The average Bonchev–Trinajstić information content (AvgIpc) is 2.48. The van der Waals surface area contributed by atoms with Gasteiger partial charge in [-0.25, -0.2) is 0 Å². The Hall–Kier alpha value is -2.60. The topological polar surface area (TPSA) is 0 Å². The Kier molecular flexibility index (Phi) is 5.18.